The second kappa shape index (κ2) is 8.25. The molecule has 5 nitrogen and oxygen atoms in total. The van der Waals surface area contributed by atoms with Gasteiger partial charge in [-0.15, -0.1) is 0 Å². The highest BCUT2D eigenvalue weighted by Gasteiger charge is 2.08. The fourth-order valence-corrected chi connectivity index (χ4v) is 2.59. The van der Waals surface area contributed by atoms with Gasteiger partial charge in [-0.2, -0.15) is 0 Å². The first-order chi connectivity index (χ1) is 12.6. The van der Waals surface area contributed by atoms with Crippen molar-refractivity contribution in [2.45, 2.75) is 20.3 Å². The van der Waals surface area contributed by atoms with E-state index in [1.807, 2.05) is 42.5 Å². The maximum Gasteiger partial charge on any atom is 0.271 e. The molecule has 0 aliphatic rings. The molecule has 1 heterocycles. The maximum atomic E-state index is 12.2. The van der Waals surface area contributed by atoms with Gasteiger partial charge in [-0.05, 0) is 43.0 Å². The van der Waals surface area contributed by atoms with Gasteiger partial charge in [0, 0.05) is 12.2 Å². The second-order valence-corrected chi connectivity index (χ2v) is 6.15. The Morgan fingerprint density at radius 3 is 2.50 bits per heavy atom. The Labute approximate surface area is 153 Å². The van der Waals surface area contributed by atoms with E-state index in [1.54, 1.807) is 6.20 Å². The molecule has 0 saturated carbocycles. The summed E-state index contributed by atoms with van der Waals surface area (Å²) in [6.45, 7) is 4.68. The summed E-state index contributed by atoms with van der Waals surface area (Å²) in [6.07, 6.45) is 3.85. The molecule has 0 bridgehead atoms. The van der Waals surface area contributed by atoms with Gasteiger partial charge >= 0.3 is 0 Å². The van der Waals surface area contributed by atoms with Crippen LogP contribution in [0.4, 0.5) is 11.5 Å². The topological polar surface area (TPSA) is 66.9 Å². The van der Waals surface area contributed by atoms with Gasteiger partial charge < -0.3 is 10.6 Å². The lowest BCUT2D eigenvalue weighted by molar-refractivity contribution is 0.0949. The first kappa shape index (κ1) is 17.6. The molecule has 0 saturated heterocycles. The van der Waals surface area contributed by atoms with E-state index < -0.39 is 0 Å². The van der Waals surface area contributed by atoms with Crippen LogP contribution in [0.25, 0.3) is 0 Å². The molecule has 0 radical (unpaired) electrons. The summed E-state index contributed by atoms with van der Waals surface area (Å²) in [7, 11) is 0. The van der Waals surface area contributed by atoms with Gasteiger partial charge in [0.2, 0.25) is 0 Å². The van der Waals surface area contributed by atoms with Crippen LogP contribution in [0.2, 0.25) is 0 Å². The van der Waals surface area contributed by atoms with E-state index in [2.05, 4.69) is 40.5 Å². The first-order valence-corrected chi connectivity index (χ1v) is 8.61. The molecule has 0 spiro atoms. The Hall–Kier alpha value is -3.21. The minimum absolute atomic E-state index is 0.216. The monoisotopic (exact) mass is 346 g/mol. The minimum Gasteiger partial charge on any atom is -0.350 e. The summed E-state index contributed by atoms with van der Waals surface area (Å²) in [5, 5.41) is 6.11. The lowest BCUT2D eigenvalue weighted by atomic mass is 10.1. The highest BCUT2D eigenvalue weighted by Crippen LogP contribution is 2.21. The minimum atomic E-state index is -0.216. The molecule has 0 atom stereocenters. The molecule has 1 aromatic heterocycles. The summed E-state index contributed by atoms with van der Waals surface area (Å²) in [5.41, 5.74) is 4.85. The molecule has 0 fully saturated rings. The van der Waals surface area contributed by atoms with Crippen LogP contribution in [0.5, 0.6) is 0 Å². The van der Waals surface area contributed by atoms with E-state index in [1.165, 1.54) is 17.3 Å². The molecule has 0 unspecified atom stereocenters. The average molecular weight is 346 g/mol. The van der Waals surface area contributed by atoms with E-state index in [9.17, 15) is 4.79 Å². The van der Waals surface area contributed by atoms with Crippen LogP contribution in [0.15, 0.2) is 60.9 Å². The number of benzene rings is 2. The van der Waals surface area contributed by atoms with Gasteiger partial charge in [-0.1, -0.05) is 42.5 Å². The van der Waals surface area contributed by atoms with Gasteiger partial charge in [0.25, 0.3) is 5.91 Å². The number of carbonyl (C=O) groups excluding carboxylic acids is 1. The lowest BCUT2D eigenvalue weighted by Crippen LogP contribution is -2.26. The van der Waals surface area contributed by atoms with E-state index >= 15 is 0 Å². The summed E-state index contributed by atoms with van der Waals surface area (Å²) in [6, 6.07) is 16.1. The third kappa shape index (κ3) is 4.45. The number of hydrogen-bond acceptors (Lipinski definition) is 4. The summed E-state index contributed by atoms with van der Waals surface area (Å²) in [4.78, 5) is 20.7. The number of aryl methyl sites for hydroxylation is 1. The third-order valence-corrected chi connectivity index (χ3v) is 4.29. The summed E-state index contributed by atoms with van der Waals surface area (Å²) >= 11 is 0. The largest absolute Gasteiger partial charge is 0.350 e. The molecule has 132 valence electrons. The van der Waals surface area contributed by atoms with Gasteiger partial charge in [0.15, 0.2) is 0 Å². The zero-order chi connectivity index (χ0) is 18.4. The molecule has 3 aromatic rings. The lowest BCUT2D eigenvalue weighted by Gasteiger charge is -2.10. The van der Waals surface area contributed by atoms with Crippen molar-refractivity contribution in [1.82, 2.24) is 15.3 Å². The van der Waals surface area contributed by atoms with Crippen molar-refractivity contribution in [3.63, 3.8) is 0 Å². The number of hydrogen-bond donors (Lipinski definition) is 2. The van der Waals surface area contributed by atoms with Crippen molar-refractivity contribution in [1.29, 1.82) is 0 Å². The van der Waals surface area contributed by atoms with Crippen LogP contribution in [0.3, 0.4) is 0 Å². The first-order valence-electron chi connectivity index (χ1n) is 8.61. The SMILES string of the molecule is Cc1cccc(Nc2cnc(C(=O)NCCc3ccccc3)cn2)c1C. The van der Waals surface area contributed by atoms with Crippen LogP contribution in [0.1, 0.15) is 27.2 Å². The number of nitrogens with one attached hydrogen (secondary N) is 2. The van der Waals surface area contributed by atoms with E-state index in [0.29, 0.717) is 18.1 Å². The zero-order valence-corrected chi connectivity index (χ0v) is 15.0. The van der Waals surface area contributed by atoms with Crippen molar-refractivity contribution in [3.05, 3.63) is 83.3 Å². The molecular weight excluding hydrogens is 324 g/mol. The van der Waals surface area contributed by atoms with Crippen molar-refractivity contribution in [2.75, 3.05) is 11.9 Å². The molecule has 5 heteroatoms. The van der Waals surface area contributed by atoms with Crippen molar-refractivity contribution in [3.8, 4) is 0 Å². The predicted molar refractivity (Wildman–Crippen MR) is 104 cm³/mol. The number of carbonyl (C=O) groups is 1. The number of aromatic nitrogens is 2. The van der Waals surface area contributed by atoms with E-state index in [4.69, 9.17) is 0 Å². The van der Waals surface area contributed by atoms with E-state index in [0.717, 1.165) is 17.7 Å². The number of nitrogens with zero attached hydrogens (tertiary/aromatic N) is 2. The van der Waals surface area contributed by atoms with Gasteiger partial charge in [-0.25, -0.2) is 9.97 Å². The van der Waals surface area contributed by atoms with Crippen molar-refractivity contribution in [2.24, 2.45) is 0 Å². The summed E-state index contributed by atoms with van der Waals surface area (Å²) < 4.78 is 0. The predicted octanol–water partition coefficient (Wildman–Crippen LogP) is 3.81. The highest BCUT2D eigenvalue weighted by molar-refractivity contribution is 5.92. The second-order valence-electron chi connectivity index (χ2n) is 6.15. The maximum absolute atomic E-state index is 12.2. The number of rotatable bonds is 6. The highest BCUT2D eigenvalue weighted by atomic mass is 16.1. The van der Waals surface area contributed by atoms with Crippen LogP contribution in [-0.4, -0.2) is 22.4 Å². The Balaban J connectivity index is 1.56. The molecular formula is C21H22N4O. The van der Waals surface area contributed by atoms with Crippen molar-refractivity contribution < 1.29 is 4.79 Å². The molecule has 1 amide bonds. The van der Waals surface area contributed by atoms with Crippen molar-refractivity contribution >= 4 is 17.4 Å². The Morgan fingerprint density at radius 2 is 1.77 bits per heavy atom. The molecule has 0 aliphatic heterocycles. The van der Waals surface area contributed by atoms with Crippen LogP contribution in [0, 0.1) is 13.8 Å². The quantitative estimate of drug-likeness (QED) is 0.712. The molecule has 3 rings (SSSR count). The normalized spacial score (nSPS) is 10.4. The van der Waals surface area contributed by atoms with E-state index in [-0.39, 0.29) is 5.91 Å². The smallest absolute Gasteiger partial charge is 0.271 e. The standard InChI is InChI=1S/C21H22N4O/c1-15-7-6-10-18(16(15)2)25-20-14-23-19(13-24-20)21(26)22-12-11-17-8-4-3-5-9-17/h3-10,13-14H,11-12H2,1-2H3,(H,22,26)(H,24,25). The Morgan fingerprint density at radius 1 is 0.962 bits per heavy atom. The fraction of sp³-hybridized carbons (Fsp3) is 0.190. The Bertz CT molecular complexity index is 876. The van der Waals surface area contributed by atoms with Crippen LogP contribution >= 0.6 is 0 Å². The van der Waals surface area contributed by atoms with Crippen LogP contribution in [-0.2, 0) is 6.42 Å². The van der Waals surface area contributed by atoms with Gasteiger partial charge in [-0.3, -0.25) is 4.79 Å². The average Bonchev–Trinajstić information content (AvgIpc) is 2.67. The van der Waals surface area contributed by atoms with Gasteiger partial charge in [0.1, 0.15) is 11.5 Å². The fourth-order valence-electron chi connectivity index (χ4n) is 2.59. The Kier molecular flexibility index (Phi) is 5.59. The zero-order valence-electron chi connectivity index (χ0n) is 15.0. The molecule has 2 aromatic carbocycles. The number of amides is 1. The molecule has 0 aliphatic carbocycles. The third-order valence-electron chi connectivity index (χ3n) is 4.29. The summed E-state index contributed by atoms with van der Waals surface area (Å²) in [5.74, 6) is 0.395. The molecule has 26 heavy (non-hydrogen) atoms. The van der Waals surface area contributed by atoms with Gasteiger partial charge in [0.05, 0.1) is 12.4 Å². The number of anilines is 2. The molecule has 2 N–H and O–H groups in total. The van der Waals surface area contributed by atoms with Crippen LogP contribution < -0.4 is 10.6 Å².